The van der Waals surface area contributed by atoms with Crippen LogP contribution >= 0.6 is 11.8 Å². The van der Waals surface area contributed by atoms with E-state index < -0.39 is 11.6 Å². The number of nitrogens with zero attached hydrogens (tertiary/aromatic N) is 2. The summed E-state index contributed by atoms with van der Waals surface area (Å²) >= 11 is 1.36. The van der Waals surface area contributed by atoms with Gasteiger partial charge in [-0.3, -0.25) is 0 Å². The second kappa shape index (κ2) is 8.27. The molecule has 2 aromatic carbocycles. The van der Waals surface area contributed by atoms with Gasteiger partial charge in [0.1, 0.15) is 5.75 Å². The summed E-state index contributed by atoms with van der Waals surface area (Å²) in [5, 5.41) is 0.540. The largest absolute Gasteiger partial charge is 0.439 e. The zero-order chi connectivity index (χ0) is 18.5. The molecule has 0 spiro atoms. The Labute approximate surface area is 155 Å². The zero-order valence-electron chi connectivity index (χ0n) is 14.5. The maximum absolute atomic E-state index is 13.3. The number of halogens is 2. The van der Waals surface area contributed by atoms with Gasteiger partial charge in [-0.1, -0.05) is 43.0 Å². The van der Waals surface area contributed by atoms with Crippen LogP contribution in [0.1, 0.15) is 23.7 Å². The van der Waals surface area contributed by atoms with E-state index in [2.05, 4.69) is 9.97 Å². The third kappa shape index (κ3) is 4.58. The molecule has 0 saturated heterocycles. The number of benzene rings is 2. The van der Waals surface area contributed by atoms with Gasteiger partial charge >= 0.3 is 0 Å². The van der Waals surface area contributed by atoms with Crippen molar-refractivity contribution in [1.82, 2.24) is 9.97 Å². The number of thioether (sulfide) groups is 1. The van der Waals surface area contributed by atoms with Gasteiger partial charge in [0, 0.05) is 17.5 Å². The first kappa shape index (κ1) is 18.3. The second-order valence-electron chi connectivity index (χ2n) is 5.74. The van der Waals surface area contributed by atoms with Crippen molar-refractivity contribution in [2.24, 2.45) is 0 Å². The molecular weight excluding hydrogens is 354 g/mol. The summed E-state index contributed by atoms with van der Waals surface area (Å²) in [5.74, 6) is -0.0516. The number of hydrogen-bond acceptors (Lipinski definition) is 4. The normalized spacial score (nSPS) is 10.8. The Kier molecular flexibility index (Phi) is 5.83. The molecular formula is C20H18F2N2OS. The van der Waals surface area contributed by atoms with E-state index in [1.807, 2.05) is 44.2 Å². The maximum Gasteiger partial charge on any atom is 0.223 e. The summed E-state index contributed by atoms with van der Waals surface area (Å²) in [4.78, 5) is 8.91. The smallest absolute Gasteiger partial charge is 0.223 e. The van der Waals surface area contributed by atoms with Crippen LogP contribution in [0.4, 0.5) is 8.78 Å². The predicted octanol–water partition coefficient (Wildman–Crippen LogP) is 5.71. The van der Waals surface area contributed by atoms with E-state index in [0.29, 0.717) is 22.4 Å². The Balaban J connectivity index is 1.78. The first-order valence-electron chi connectivity index (χ1n) is 8.23. The van der Waals surface area contributed by atoms with Gasteiger partial charge in [0.25, 0.3) is 0 Å². The Morgan fingerprint density at radius 3 is 2.54 bits per heavy atom. The van der Waals surface area contributed by atoms with E-state index in [9.17, 15) is 8.78 Å². The third-order valence-electron chi connectivity index (χ3n) is 3.76. The number of aromatic nitrogens is 2. The topological polar surface area (TPSA) is 35.0 Å². The van der Waals surface area contributed by atoms with Gasteiger partial charge in [-0.2, -0.15) is 4.98 Å². The van der Waals surface area contributed by atoms with Crippen molar-refractivity contribution in [3.8, 4) is 11.6 Å². The number of aryl methyl sites for hydroxylation is 2. The summed E-state index contributed by atoms with van der Waals surface area (Å²) in [5.41, 5.74) is 2.54. The average Bonchev–Trinajstić information content (AvgIpc) is 2.64. The quantitative estimate of drug-likeness (QED) is 0.410. The standard InChI is InChI=1S/C20H18F2N2OS/c1-3-15-11-19(25-18-7-5-4-6-13(18)2)24-20(23-15)26-12-14-8-9-16(21)17(22)10-14/h4-11H,3,12H2,1-2H3. The molecule has 3 rings (SSSR count). The molecule has 1 aromatic heterocycles. The SMILES string of the molecule is CCc1cc(Oc2ccccc2C)nc(SCc2ccc(F)c(F)c2)n1. The Hall–Kier alpha value is -2.47. The van der Waals surface area contributed by atoms with Crippen molar-refractivity contribution >= 4 is 11.8 Å². The van der Waals surface area contributed by atoms with Gasteiger partial charge in [0.15, 0.2) is 16.8 Å². The maximum atomic E-state index is 13.3. The lowest BCUT2D eigenvalue weighted by molar-refractivity contribution is 0.450. The fraction of sp³-hybridized carbons (Fsp3) is 0.200. The molecule has 0 aliphatic heterocycles. The number of rotatable bonds is 6. The van der Waals surface area contributed by atoms with Gasteiger partial charge < -0.3 is 4.74 Å². The summed E-state index contributed by atoms with van der Waals surface area (Å²) in [6, 6.07) is 13.4. The van der Waals surface area contributed by atoms with E-state index in [1.165, 1.54) is 17.8 Å². The molecule has 134 valence electrons. The van der Waals surface area contributed by atoms with Gasteiger partial charge in [-0.25, -0.2) is 13.8 Å². The monoisotopic (exact) mass is 372 g/mol. The highest BCUT2D eigenvalue weighted by atomic mass is 32.2. The Bertz CT molecular complexity index is 918. The van der Waals surface area contributed by atoms with Gasteiger partial charge in [-0.05, 0) is 42.7 Å². The molecule has 3 nitrogen and oxygen atoms in total. The first-order valence-corrected chi connectivity index (χ1v) is 9.22. The van der Waals surface area contributed by atoms with E-state index >= 15 is 0 Å². The van der Waals surface area contributed by atoms with Crippen LogP contribution in [0.5, 0.6) is 11.6 Å². The van der Waals surface area contributed by atoms with Crippen molar-refractivity contribution in [1.29, 1.82) is 0 Å². The van der Waals surface area contributed by atoms with Crippen molar-refractivity contribution in [3.63, 3.8) is 0 Å². The fourth-order valence-electron chi connectivity index (χ4n) is 2.31. The zero-order valence-corrected chi connectivity index (χ0v) is 15.3. The molecule has 0 radical (unpaired) electrons. The highest BCUT2D eigenvalue weighted by Gasteiger charge is 2.09. The molecule has 3 aromatic rings. The van der Waals surface area contributed by atoms with Crippen LogP contribution in [0.3, 0.4) is 0 Å². The molecule has 0 bridgehead atoms. The molecule has 26 heavy (non-hydrogen) atoms. The number of ether oxygens (including phenoxy) is 1. The highest BCUT2D eigenvalue weighted by Crippen LogP contribution is 2.27. The van der Waals surface area contributed by atoms with Crippen molar-refractivity contribution < 1.29 is 13.5 Å². The minimum atomic E-state index is -0.852. The summed E-state index contributed by atoms with van der Waals surface area (Å²) in [6.45, 7) is 3.97. The molecule has 0 aliphatic carbocycles. The van der Waals surface area contributed by atoms with Crippen LogP contribution < -0.4 is 4.74 Å². The van der Waals surface area contributed by atoms with Crippen LogP contribution in [-0.2, 0) is 12.2 Å². The van der Waals surface area contributed by atoms with E-state index in [0.717, 1.165) is 29.5 Å². The molecule has 0 amide bonds. The lowest BCUT2D eigenvalue weighted by Crippen LogP contribution is -1.98. The lowest BCUT2D eigenvalue weighted by atomic mass is 10.2. The Morgan fingerprint density at radius 1 is 1.00 bits per heavy atom. The molecule has 0 N–H and O–H groups in total. The van der Waals surface area contributed by atoms with E-state index in [4.69, 9.17) is 4.74 Å². The highest BCUT2D eigenvalue weighted by molar-refractivity contribution is 7.98. The molecule has 0 unspecified atom stereocenters. The molecule has 0 aliphatic rings. The van der Waals surface area contributed by atoms with E-state index in [-0.39, 0.29) is 0 Å². The van der Waals surface area contributed by atoms with Gasteiger partial charge in [-0.15, -0.1) is 0 Å². The lowest BCUT2D eigenvalue weighted by Gasteiger charge is -2.10. The van der Waals surface area contributed by atoms with Gasteiger partial charge in [0.05, 0.1) is 0 Å². The third-order valence-corrected chi connectivity index (χ3v) is 4.68. The molecule has 0 atom stereocenters. The van der Waals surface area contributed by atoms with Crippen LogP contribution in [0.2, 0.25) is 0 Å². The number of hydrogen-bond donors (Lipinski definition) is 0. The Morgan fingerprint density at radius 2 is 1.81 bits per heavy atom. The molecule has 1 heterocycles. The fourth-order valence-corrected chi connectivity index (χ4v) is 3.12. The van der Waals surface area contributed by atoms with Crippen molar-refractivity contribution in [2.75, 3.05) is 0 Å². The van der Waals surface area contributed by atoms with Crippen molar-refractivity contribution in [3.05, 3.63) is 77.0 Å². The average molecular weight is 372 g/mol. The molecule has 0 fully saturated rings. The van der Waals surface area contributed by atoms with Crippen LogP contribution in [-0.4, -0.2) is 9.97 Å². The first-order chi connectivity index (χ1) is 12.5. The predicted molar refractivity (Wildman–Crippen MR) is 98.6 cm³/mol. The van der Waals surface area contributed by atoms with Crippen LogP contribution in [0.25, 0.3) is 0 Å². The second-order valence-corrected chi connectivity index (χ2v) is 6.68. The summed E-state index contributed by atoms with van der Waals surface area (Å²) in [6.07, 6.45) is 0.741. The van der Waals surface area contributed by atoms with Gasteiger partial charge in [0.2, 0.25) is 5.88 Å². The minimum absolute atomic E-state index is 0.439. The summed E-state index contributed by atoms with van der Waals surface area (Å²) in [7, 11) is 0. The van der Waals surface area contributed by atoms with Crippen LogP contribution in [0, 0.1) is 18.6 Å². The number of para-hydroxylation sites is 1. The minimum Gasteiger partial charge on any atom is -0.439 e. The van der Waals surface area contributed by atoms with Crippen molar-refractivity contribution in [2.45, 2.75) is 31.2 Å². The van der Waals surface area contributed by atoms with E-state index in [1.54, 1.807) is 6.07 Å². The molecule has 0 saturated carbocycles. The summed E-state index contributed by atoms with van der Waals surface area (Å²) < 4.78 is 32.3. The van der Waals surface area contributed by atoms with Crippen LogP contribution in [0.15, 0.2) is 53.7 Å². The molecule has 6 heteroatoms.